The maximum Gasteiger partial charge on any atom is 0.325 e. The van der Waals surface area contributed by atoms with E-state index in [0.717, 1.165) is 11.1 Å². The Bertz CT molecular complexity index is 730. The van der Waals surface area contributed by atoms with Crippen molar-refractivity contribution >= 4 is 11.9 Å². The Morgan fingerprint density at radius 2 is 1.83 bits per heavy atom. The molecule has 1 aliphatic heterocycles. The maximum atomic E-state index is 12.7. The number of amides is 3. The summed E-state index contributed by atoms with van der Waals surface area (Å²) in [6.45, 7) is 2.35. The van der Waals surface area contributed by atoms with Gasteiger partial charge in [-0.3, -0.25) is 14.7 Å². The van der Waals surface area contributed by atoms with Crippen LogP contribution in [0.2, 0.25) is 0 Å². The molecule has 0 spiro atoms. The number of pyridine rings is 1. The molecule has 1 fully saturated rings. The Labute approximate surface area is 134 Å². The van der Waals surface area contributed by atoms with Gasteiger partial charge < -0.3 is 11.1 Å². The van der Waals surface area contributed by atoms with Crippen LogP contribution in [0.25, 0.3) is 0 Å². The second-order valence-electron chi connectivity index (χ2n) is 5.68. The van der Waals surface area contributed by atoms with Gasteiger partial charge >= 0.3 is 6.03 Å². The minimum atomic E-state index is -1.13. The molecule has 0 saturated carbocycles. The molecule has 2 aromatic rings. The molecule has 118 valence electrons. The van der Waals surface area contributed by atoms with Crippen LogP contribution >= 0.6 is 0 Å². The van der Waals surface area contributed by atoms with E-state index in [1.807, 2.05) is 24.3 Å². The first kappa shape index (κ1) is 15.2. The molecule has 1 atom stereocenters. The van der Waals surface area contributed by atoms with Gasteiger partial charge in [-0.05, 0) is 30.2 Å². The predicted molar refractivity (Wildman–Crippen MR) is 85.0 cm³/mol. The van der Waals surface area contributed by atoms with Crippen molar-refractivity contribution in [1.82, 2.24) is 15.2 Å². The molecular weight excluding hydrogens is 292 g/mol. The first-order valence-electron chi connectivity index (χ1n) is 7.38. The average molecular weight is 310 g/mol. The summed E-state index contributed by atoms with van der Waals surface area (Å²) < 4.78 is 0. The van der Waals surface area contributed by atoms with Crippen LogP contribution in [0.5, 0.6) is 0 Å². The SMILES string of the molecule is CC1(c2ccccn2)NC(=O)N(Cc2ccc(CN)cc2)C1=O. The van der Waals surface area contributed by atoms with Crippen molar-refractivity contribution in [2.75, 3.05) is 0 Å². The smallest absolute Gasteiger partial charge is 0.325 e. The van der Waals surface area contributed by atoms with Gasteiger partial charge in [-0.2, -0.15) is 0 Å². The van der Waals surface area contributed by atoms with Crippen LogP contribution in [0.3, 0.4) is 0 Å². The highest BCUT2D eigenvalue weighted by atomic mass is 16.2. The van der Waals surface area contributed by atoms with Crippen molar-refractivity contribution in [2.45, 2.75) is 25.6 Å². The van der Waals surface area contributed by atoms with Crippen LogP contribution in [0.15, 0.2) is 48.7 Å². The number of nitrogens with two attached hydrogens (primary N) is 1. The Morgan fingerprint density at radius 1 is 1.13 bits per heavy atom. The number of benzene rings is 1. The third-order valence-corrected chi connectivity index (χ3v) is 4.05. The Hall–Kier alpha value is -2.73. The lowest BCUT2D eigenvalue weighted by Gasteiger charge is -2.21. The van der Waals surface area contributed by atoms with Gasteiger partial charge in [-0.25, -0.2) is 4.79 Å². The monoisotopic (exact) mass is 310 g/mol. The largest absolute Gasteiger partial charge is 0.326 e. The summed E-state index contributed by atoms with van der Waals surface area (Å²) in [6, 6.07) is 12.4. The van der Waals surface area contributed by atoms with E-state index in [1.54, 1.807) is 31.3 Å². The lowest BCUT2D eigenvalue weighted by atomic mass is 9.97. The van der Waals surface area contributed by atoms with Crippen molar-refractivity contribution in [1.29, 1.82) is 0 Å². The molecule has 6 heteroatoms. The Kier molecular flexibility index (Phi) is 3.83. The summed E-state index contributed by atoms with van der Waals surface area (Å²) in [6.07, 6.45) is 1.61. The summed E-state index contributed by atoms with van der Waals surface area (Å²) in [5, 5.41) is 2.74. The lowest BCUT2D eigenvalue weighted by molar-refractivity contribution is -0.131. The van der Waals surface area contributed by atoms with E-state index in [9.17, 15) is 9.59 Å². The highest BCUT2D eigenvalue weighted by Gasteiger charge is 2.49. The summed E-state index contributed by atoms with van der Waals surface area (Å²) in [4.78, 5) is 30.4. The first-order valence-corrected chi connectivity index (χ1v) is 7.38. The van der Waals surface area contributed by atoms with Gasteiger partial charge in [0.2, 0.25) is 0 Å². The standard InChI is InChI=1S/C17H18N4O2/c1-17(14-4-2-3-9-19-14)15(22)21(16(23)20-17)11-13-7-5-12(10-18)6-8-13/h2-9H,10-11,18H2,1H3,(H,20,23). The molecule has 0 bridgehead atoms. The minimum absolute atomic E-state index is 0.220. The second-order valence-corrected chi connectivity index (χ2v) is 5.68. The number of carbonyl (C=O) groups excluding carboxylic acids is 2. The van der Waals surface area contributed by atoms with Crippen molar-refractivity contribution in [3.8, 4) is 0 Å². The number of carbonyl (C=O) groups is 2. The van der Waals surface area contributed by atoms with Crippen LogP contribution in [-0.2, 0) is 23.4 Å². The highest BCUT2D eigenvalue weighted by molar-refractivity contribution is 6.06. The van der Waals surface area contributed by atoms with Crippen molar-refractivity contribution in [3.05, 3.63) is 65.5 Å². The molecule has 1 aromatic carbocycles. The van der Waals surface area contributed by atoms with Gasteiger partial charge in [0, 0.05) is 12.7 Å². The molecule has 0 radical (unpaired) electrons. The van der Waals surface area contributed by atoms with Gasteiger partial charge in [0.25, 0.3) is 5.91 Å². The summed E-state index contributed by atoms with van der Waals surface area (Å²) in [7, 11) is 0. The average Bonchev–Trinajstić information content (AvgIpc) is 2.81. The van der Waals surface area contributed by atoms with E-state index in [-0.39, 0.29) is 12.5 Å². The number of hydrogen-bond acceptors (Lipinski definition) is 4. The lowest BCUT2D eigenvalue weighted by Crippen LogP contribution is -2.41. The zero-order valence-corrected chi connectivity index (χ0v) is 12.8. The molecule has 1 aromatic heterocycles. The van der Waals surface area contributed by atoms with Crippen LogP contribution < -0.4 is 11.1 Å². The van der Waals surface area contributed by atoms with Crippen molar-refractivity contribution in [3.63, 3.8) is 0 Å². The molecule has 2 heterocycles. The fraction of sp³-hybridized carbons (Fsp3) is 0.235. The predicted octanol–water partition coefficient (Wildman–Crippen LogP) is 1.51. The quantitative estimate of drug-likeness (QED) is 0.838. The minimum Gasteiger partial charge on any atom is -0.326 e. The number of aromatic nitrogens is 1. The number of rotatable bonds is 4. The topological polar surface area (TPSA) is 88.3 Å². The zero-order chi connectivity index (χ0) is 16.4. The van der Waals surface area contributed by atoms with Gasteiger partial charge in [0.1, 0.15) is 0 Å². The van der Waals surface area contributed by atoms with Crippen LogP contribution in [-0.4, -0.2) is 21.8 Å². The number of nitrogens with zero attached hydrogens (tertiary/aromatic N) is 2. The number of hydrogen-bond donors (Lipinski definition) is 2. The number of nitrogens with one attached hydrogen (secondary N) is 1. The fourth-order valence-electron chi connectivity index (χ4n) is 2.64. The molecule has 3 rings (SSSR count). The van der Waals surface area contributed by atoms with Gasteiger partial charge in [0.15, 0.2) is 5.54 Å². The summed E-state index contributed by atoms with van der Waals surface area (Å²) >= 11 is 0. The molecule has 3 N–H and O–H groups in total. The van der Waals surface area contributed by atoms with Crippen LogP contribution in [0.4, 0.5) is 4.79 Å². The normalized spacial score (nSPS) is 20.7. The van der Waals surface area contributed by atoms with E-state index in [2.05, 4.69) is 10.3 Å². The number of imide groups is 1. The van der Waals surface area contributed by atoms with Gasteiger partial charge in [-0.15, -0.1) is 0 Å². The summed E-state index contributed by atoms with van der Waals surface area (Å²) in [5.74, 6) is -0.302. The summed E-state index contributed by atoms with van der Waals surface area (Å²) in [5.41, 5.74) is 6.84. The van der Waals surface area contributed by atoms with Crippen molar-refractivity contribution < 1.29 is 9.59 Å². The molecular formula is C17H18N4O2. The fourth-order valence-corrected chi connectivity index (χ4v) is 2.64. The highest BCUT2D eigenvalue weighted by Crippen LogP contribution is 2.28. The maximum absolute atomic E-state index is 12.7. The molecule has 23 heavy (non-hydrogen) atoms. The van der Waals surface area contributed by atoms with Crippen LogP contribution in [0.1, 0.15) is 23.7 Å². The van der Waals surface area contributed by atoms with E-state index in [0.29, 0.717) is 12.2 Å². The van der Waals surface area contributed by atoms with E-state index in [1.165, 1.54) is 4.90 Å². The molecule has 6 nitrogen and oxygen atoms in total. The zero-order valence-electron chi connectivity index (χ0n) is 12.8. The third kappa shape index (κ3) is 2.68. The van der Waals surface area contributed by atoms with Gasteiger partial charge in [-0.1, -0.05) is 30.3 Å². The van der Waals surface area contributed by atoms with E-state index in [4.69, 9.17) is 5.73 Å². The molecule has 0 aliphatic carbocycles. The molecule has 1 unspecified atom stereocenters. The van der Waals surface area contributed by atoms with Gasteiger partial charge in [0.05, 0.1) is 12.2 Å². The third-order valence-electron chi connectivity index (χ3n) is 4.05. The first-order chi connectivity index (χ1) is 11.0. The number of urea groups is 1. The second kappa shape index (κ2) is 5.81. The van der Waals surface area contributed by atoms with Crippen LogP contribution in [0, 0.1) is 0 Å². The van der Waals surface area contributed by atoms with E-state index < -0.39 is 11.6 Å². The van der Waals surface area contributed by atoms with Crippen molar-refractivity contribution in [2.24, 2.45) is 5.73 Å². The molecule has 1 saturated heterocycles. The molecule has 3 amide bonds. The molecule has 1 aliphatic rings. The Balaban J connectivity index is 1.84. The Morgan fingerprint density at radius 3 is 2.43 bits per heavy atom. The van der Waals surface area contributed by atoms with E-state index >= 15 is 0 Å².